The van der Waals surface area contributed by atoms with Crippen molar-refractivity contribution in [3.63, 3.8) is 0 Å². The fourth-order valence-electron chi connectivity index (χ4n) is 0.224. The molecule has 0 aromatic rings. The first-order chi connectivity index (χ1) is 4.19. The van der Waals surface area contributed by atoms with E-state index in [1.165, 1.54) is 0 Å². The molecule has 0 aromatic heterocycles. The second-order valence-corrected chi connectivity index (χ2v) is 5.16. The van der Waals surface area contributed by atoms with Gasteiger partial charge in [0.25, 0.3) is 0 Å². The van der Waals surface area contributed by atoms with Gasteiger partial charge in [-0.15, -0.1) is 0 Å². The Labute approximate surface area is 64.9 Å². The SMILES string of the molecule is CC(C)(S(=O)[O-])[N+](C)(C)C. The zero-order valence-electron chi connectivity index (χ0n) is 7.17. The standard InChI is InChI=1S/C6H15NO2S/c1-6(2,10(8)9)7(3,4)5/h1-5H3. The lowest BCUT2D eigenvalue weighted by Crippen LogP contribution is -2.55. The lowest BCUT2D eigenvalue weighted by molar-refractivity contribution is -0.903. The van der Waals surface area contributed by atoms with Crippen molar-refractivity contribution in [2.75, 3.05) is 21.1 Å². The molecule has 0 aliphatic carbocycles. The maximum absolute atomic E-state index is 10.7. The number of nitrogens with zero attached hydrogens (tertiary/aromatic N) is 1. The van der Waals surface area contributed by atoms with Gasteiger partial charge in [-0.2, -0.15) is 0 Å². The molecule has 0 amide bonds. The maximum atomic E-state index is 10.7. The smallest absolute Gasteiger partial charge is 0.155 e. The van der Waals surface area contributed by atoms with Crippen LogP contribution in [-0.2, 0) is 11.1 Å². The molecule has 0 aliphatic rings. The summed E-state index contributed by atoms with van der Waals surface area (Å²) in [4.78, 5) is -0.708. The van der Waals surface area contributed by atoms with Crippen molar-refractivity contribution in [1.82, 2.24) is 0 Å². The molecule has 0 spiro atoms. The summed E-state index contributed by atoms with van der Waals surface area (Å²) in [5.74, 6) is 0. The van der Waals surface area contributed by atoms with E-state index in [0.717, 1.165) is 0 Å². The average Bonchev–Trinajstić information content (AvgIpc) is 1.62. The second-order valence-electron chi connectivity index (χ2n) is 3.69. The van der Waals surface area contributed by atoms with Crippen LogP contribution in [0.1, 0.15) is 13.8 Å². The molecule has 0 fully saturated rings. The number of quaternary nitrogens is 1. The third-order valence-electron chi connectivity index (χ3n) is 2.02. The predicted molar refractivity (Wildman–Crippen MR) is 41.0 cm³/mol. The van der Waals surface area contributed by atoms with E-state index in [-0.39, 0.29) is 0 Å². The molecule has 1 atom stereocenters. The highest BCUT2D eigenvalue weighted by Crippen LogP contribution is 2.19. The Balaban J connectivity index is 4.57. The van der Waals surface area contributed by atoms with Crippen LogP contribution in [0.4, 0.5) is 0 Å². The van der Waals surface area contributed by atoms with E-state index in [9.17, 15) is 8.76 Å². The van der Waals surface area contributed by atoms with Crippen LogP contribution in [-0.4, -0.2) is 39.3 Å². The van der Waals surface area contributed by atoms with Crippen molar-refractivity contribution >= 4 is 11.1 Å². The topological polar surface area (TPSA) is 40.1 Å². The molecule has 0 radical (unpaired) electrons. The van der Waals surface area contributed by atoms with Gasteiger partial charge in [0.15, 0.2) is 4.87 Å². The molecule has 1 unspecified atom stereocenters. The normalized spacial score (nSPS) is 17.0. The first-order valence-corrected chi connectivity index (χ1v) is 4.18. The minimum Gasteiger partial charge on any atom is -0.768 e. The molecule has 0 rings (SSSR count). The summed E-state index contributed by atoms with van der Waals surface area (Å²) in [6.07, 6.45) is 0. The molecule has 0 heterocycles. The molecule has 4 heteroatoms. The minimum absolute atomic E-state index is 0.420. The molecule has 0 saturated carbocycles. The monoisotopic (exact) mass is 165 g/mol. The summed E-state index contributed by atoms with van der Waals surface area (Å²) in [5.41, 5.74) is 0. The van der Waals surface area contributed by atoms with Crippen LogP contribution in [0.2, 0.25) is 0 Å². The molecule has 0 N–H and O–H groups in total. The summed E-state index contributed by atoms with van der Waals surface area (Å²) >= 11 is -2.02. The Morgan fingerprint density at radius 3 is 1.60 bits per heavy atom. The Morgan fingerprint density at radius 1 is 1.30 bits per heavy atom. The van der Waals surface area contributed by atoms with Crippen molar-refractivity contribution in [3.8, 4) is 0 Å². The van der Waals surface area contributed by atoms with Crippen LogP contribution >= 0.6 is 0 Å². The maximum Gasteiger partial charge on any atom is 0.155 e. The summed E-state index contributed by atoms with van der Waals surface area (Å²) in [6, 6.07) is 0. The van der Waals surface area contributed by atoms with E-state index in [0.29, 0.717) is 4.48 Å². The first-order valence-electron chi connectivity index (χ1n) is 3.10. The zero-order chi connectivity index (χ0) is 8.58. The first kappa shape index (κ1) is 10.1. The van der Waals surface area contributed by atoms with E-state index in [1.807, 2.05) is 21.1 Å². The van der Waals surface area contributed by atoms with Gasteiger partial charge in [0.05, 0.1) is 21.1 Å². The number of hydrogen-bond acceptors (Lipinski definition) is 2. The molecular weight excluding hydrogens is 150 g/mol. The Hall–Kier alpha value is 0.0700. The van der Waals surface area contributed by atoms with Crippen LogP contribution in [0.25, 0.3) is 0 Å². The van der Waals surface area contributed by atoms with Crippen LogP contribution in [0.3, 0.4) is 0 Å². The van der Waals surface area contributed by atoms with Crippen molar-refractivity contribution < 1.29 is 13.2 Å². The van der Waals surface area contributed by atoms with Gasteiger partial charge in [-0.25, -0.2) is 0 Å². The van der Waals surface area contributed by atoms with E-state index in [2.05, 4.69) is 0 Å². The van der Waals surface area contributed by atoms with Crippen LogP contribution < -0.4 is 0 Å². The minimum atomic E-state index is -2.02. The lowest BCUT2D eigenvalue weighted by Gasteiger charge is -2.42. The van der Waals surface area contributed by atoms with Gasteiger partial charge in [-0.05, 0) is 0 Å². The van der Waals surface area contributed by atoms with E-state index >= 15 is 0 Å². The highest BCUT2D eigenvalue weighted by molar-refractivity contribution is 7.80. The Kier molecular flexibility index (Phi) is 2.62. The van der Waals surface area contributed by atoms with E-state index < -0.39 is 16.0 Å². The Bertz CT molecular complexity index is 148. The fraction of sp³-hybridized carbons (Fsp3) is 1.00. The average molecular weight is 165 g/mol. The van der Waals surface area contributed by atoms with Gasteiger partial charge in [0.2, 0.25) is 0 Å². The number of hydrogen-bond donors (Lipinski definition) is 0. The van der Waals surface area contributed by atoms with Crippen molar-refractivity contribution in [2.24, 2.45) is 0 Å². The van der Waals surface area contributed by atoms with Gasteiger partial charge >= 0.3 is 0 Å². The lowest BCUT2D eigenvalue weighted by atomic mass is 10.3. The molecule has 0 aromatic carbocycles. The third kappa shape index (κ3) is 1.78. The highest BCUT2D eigenvalue weighted by atomic mass is 32.2. The van der Waals surface area contributed by atoms with Crippen LogP contribution in [0, 0.1) is 0 Å². The Morgan fingerprint density at radius 2 is 1.60 bits per heavy atom. The summed E-state index contributed by atoms with van der Waals surface area (Å²) in [7, 11) is 5.57. The second kappa shape index (κ2) is 2.60. The van der Waals surface area contributed by atoms with E-state index in [1.54, 1.807) is 13.8 Å². The van der Waals surface area contributed by atoms with Crippen LogP contribution in [0.5, 0.6) is 0 Å². The van der Waals surface area contributed by atoms with Crippen molar-refractivity contribution in [3.05, 3.63) is 0 Å². The molecule has 0 saturated heterocycles. The van der Waals surface area contributed by atoms with Gasteiger partial charge in [0, 0.05) is 24.9 Å². The number of rotatable bonds is 2. The van der Waals surface area contributed by atoms with E-state index in [4.69, 9.17) is 0 Å². The van der Waals surface area contributed by atoms with Crippen LogP contribution in [0.15, 0.2) is 0 Å². The van der Waals surface area contributed by atoms with Gasteiger partial charge in [-0.1, -0.05) is 0 Å². The molecular formula is C6H15NO2S. The summed E-state index contributed by atoms with van der Waals surface area (Å²) in [6.45, 7) is 3.41. The molecule has 10 heavy (non-hydrogen) atoms. The molecule has 3 nitrogen and oxygen atoms in total. The summed E-state index contributed by atoms with van der Waals surface area (Å²) in [5, 5.41) is 0. The van der Waals surface area contributed by atoms with Gasteiger partial charge in [-0.3, -0.25) is 4.21 Å². The largest absolute Gasteiger partial charge is 0.768 e. The zero-order valence-corrected chi connectivity index (χ0v) is 7.99. The van der Waals surface area contributed by atoms with Gasteiger partial charge in [0.1, 0.15) is 0 Å². The third-order valence-corrected chi connectivity index (χ3v) is 3.39. The highest BCUT2D eigenvalue weighted by Gasteiger charge is 2.33. The van der Waals surface area contributed by atoms with Gasteiger partial charge < -0.3 is 9.04 Å². The molecule has 0 bridgehead atoms. The fourth-order valence-corrected chi connectivity index (χ4v) is 0.671. The molecule has 0 aliphatic heterocycles. The van der Waals surface area contributed by atoms with Crippen molar-refractivity contribution in [2.45, 2.75) is 18.7 Å². The molecule has 62 valence electrons. The summed E-state index contributed by atoms with van der Waals surface area (Å²) < 4.78 is 21.7. The predicted octanol–water partition coefficient (Wildman–Crippen LogP) is 0.308. The quantitative estimate of drug-likeness (QED) is 0.436. The van der Waals surface area contributed by atoms with Crippen molar-refractivity contribution in [1.29, 1.82) is 0 Å².